The van der Waals surface area contributed by atoms with Crippen molar-refractivity contribution in [1.29, 1.82) is 0 Å². The number of thioether (sulfide) groups is 1. The lowest BCUT2D eigenvalue weighted by Crippen LogP contribution is -2.35. The molecule has 0 heterocycles. The van der Waals surface area contributed by atoms with Gasteiger partial charge >= 0.3 is 0 Å². The molecule has 2 N–H and O–H groups in total. The molecule has 0 fully saturated rings. The number of nitrogens with zero attached hydrogens (tertiary/aromatic N) is 1. The Balaban J connectivity index is 2.89. The zero-order chi connectivity index (χ0) is 14.4. The Kier molecular flexibility index (Phi) is 6.02. The van der Waals surface area contributed by atoms with Crippen molar-refractivity contribution in [3.63, 3.8) is 0 Å². The van der Waals surface area contributed by atoms with Crippen molar-refractivity contribution in [2.24, 2.45) is 0 Å². The number of methoxy groups -OCH3 is 1. The standard InChI is InChI=1S/C14H22N2O2S/c1-10(7-8-19-4)16(2)14(17)12-9-11(15)5-6-13(12)18-3/h5-6,9-10H,7-8,15H2,1-4H3. The first kappa shape index (κ1) is 15.7. The lowest BCUT2D eigenvalue weighted by atomic mass is 10.1. The second-order valence-electron chi connectivity index (χ2n) is 4.51. The maximum absolute atomic E-state index is 12.5. The summed E-state index contributed by atoms with van der Waals surface area (Å²) in [5.74, 6) is 1.54. The van der Waals surface area contributed by atoms with E-state index < -0.39 is 0 Å². The number of ether oxygens (including phenoxy) is 1. The minimum Gasteiger partial charge on any atom is -0.496 e. The normalized spacial score (nSPS) is 12.0. The highest BCUT2D eigenvalue weighted by Gasteiger charge is 2.20. The Labute approximate surface area is 119 Å². The largest absolute Gasteiger partial charge is 0.496 e. The number of nitrogen functional groups attached to an aromatic ring is 1. The van der Waals surface area contributed by atoms with Crippen LogP contribution in [0.5, 0.6) is 5.75 Å². The van der Waals surface area contributed by atoms with Crippen LogP contribution in [0.4, 0.5) is 5.69 Å². The van der Waals surface area contributed by atoms with Crippen LogP contribution in [-0.4, -0.2) is 43.0 Å². The van der Waals surface area contributed by atoms with Crippen LogP contribution < -0.4 is 10.5 Å². The molecule has 1 atom stereocenters. The summed E-state index contributed by atoms with van der Waals surface area (Å²) >= 11 is 1.78. The van der Waals surface area contributed by atoms with Crippen molar-refractivity contribution in [3.8, 4) is 5.75 Å². The maximum atomic E-state index is 12.5. The fourth-order valence-corrected chi connectivity index (χ4v) is 2.34. The summed E-state index contributed by atoms with van der Waals surface area (Å²) in [5.41, 5.74) is 6.83. The van der Waals surface area contributed by atoms with Crippen molar-refractivity contribution in [3.05, 3.63) is 23.8 Å². The third-order valence-corrected chi connectivity index (χ3v) is 3.82. The Morgan fingerprint density at radius 2 is 2.21 bits per heavy atom. The minimum atomic E-state index is -0.0576. The van der Waals surface area contributed by atoms with Gasteiger partial charge in [-0.15, -0.1) is 0 Å². The van der Waals surface area contributed by atoms with Gasteiger partial charge in [0.05, 0.1) is 12.7 Å². The van der Waals surface area contributed by atoms with E-state index >= 15 is 0 Å². The monoisotopic (exact) mass is 282 g/mol. The molecule has 1 aromatic carbocycles. The van der Waals surface area contributed by atoms with E-state index in [0.29, 0.717) is 17.0 Å². The molecule has 106 valence electrons. The molecule has 1 rings (SSSR count). The highest BCUT2D eigenvalue weighted by molar-refractivity contribution is 7.98. The lowest BCUT2D eigenvalue weighted by molar-refractivity contribution is 0.0738. The molecule has 0 spiro atoms. The number of anilines is 1. The molecule has 1 aromatic rings. The average Bonchev–Trinajstić information content (AvgIpc) is 2.42. The molecule has 0 aliphatic rings. The molecule has 1 unspecified atom stereocenters. The van der Waals surface area contributed by atoms with E-state index in [2.05, 4.69) is 6.26 Å². The Bertz CT molecular complexity index is 437. The van der Waals surface area contributed by atoms with E-state index in [1.165, 1.54) is 0 Å². The number of benzene rings is 1. The van der Waals surface area contributed by atoms with Crippen LogP contribution in [0.25, 0.3) is 0 Å². The van der Waals surface area contributed by atoms with Crippen molar-refractivity contribution in [1.82, 2.24) is 4.90 Å². The number of amides is 1. The molecule has 5 heteroatoms. The number of hydrogen-bond donors (Lipinski definition) is 1. The van der Waals surface area contributed by atoms with Crippen LogP contribution in [0.15, 0.2) is 18.2 Å². The summed E-state index contributed by atoms with van der Waals surface area (Å²) in [6.45, 7) is 2.05. The topological polar surface area (TPSA) is 55.6 Å². The van der Waals surface area contributed by atoms with Crippen LogP contribution in [0, 0.1) is 0 Å². The van der Waals surface area contributed by atoms with Gasteiger partial charge in [-0.3, -0.25) is 4.79 Å². The number of nitrogens with two attached hydrogens (primary N) is 1. The summed E-state index contributed by atoms with van der Waals surface area (Å²) in [4.78, 5) is 14.2. The van der Waals surface area contributed by atoms with Gasteiger partial charge in [0.1, 0.15) is 5.75 Å². The molecule has 0 aliphatic carbocycles. The van der Waals surface area contributed by atoms with E-state index in [1.807, 2.05) is 14.0 Å². The molecule has 0 bridgehead atoms. The van der Waals surface area contributed by atoms with E-state index in [-0.39, 0.29) is 11.9 Å². The maximum Gasteiger partial charge on any atom is 0.257 e. The van der Waals surface area contributed by atoms with Crippen LogP contribution in [-0.2, 0) is 0 Å². The quantitative estimate of drug-likeness (QED) is 0.814. The van der Waals surface area contributed by atoms with E-state index in [0.717, 1.165) is 12.2 Å². The fraction of sp³-hybridized carbons (Fsp3) is 0.500. The zero-order valence-corrected chi connectivity index (χ0v) is 12.8. The van der Waals surface area contributed by atoms with Gasteiger partial charge < -0.3 is 15.4 Å². The Morgan fingerprint density at radius 1 is 1.53 bits per heavy atom. The minimum absolute atomic E-state index is 0.0576. The predicted molar refractivity (Wildman–Crippen MR) is 82.0 cm³/mol. The molecular formula is C14H22N2O2S. The van der Waals surface area contributed by atoms with Crippen molar-refractivity contribution in [2.75, 3.05) is 31.9 Å². The first-order valence-corrected chi connectivity index (χ1v) is 7.60. The third-order valence-electron chi connectivity index (χ3n) is 3.18. The summed E-state index contributed by atoms with van der Waals surface area (Å²) in [7, 11) is 3.37. The number of hydrogen-bond acceptors (Lipinski definition) is 4. The molecule has 19 heavy (non-hydrogen) atoms. The van der Waals surface area contributed by atoms with E-state index in [4.69, 9.17) is 10.5 Å². The summed E-state index contributed by atoms with van der Waals surface area (Å²) in [6.07, 6.45) is 3.03. The average molecular weight is 282 g/mol. The van der Waals surface area contributed by atoms with Gasteiger partial charge in [-0.1, -0.05) is 0 Å². The lowest BCUT2D eigenvalue weighted by Gasteiger charge is -2.25. The van der Waals surface area contributed by atoms with Gasteiger partial charge in [0, 0.05) is 18.8 Å². The summed E-state index contributed by atoms with van der Waals surface area (Å²) in [5, 5.41) is 0. The molecule has 0 saturated carbocycles. The number of carbonyl (C=O) groups is 1. The van der Waals surface area contributed by atoms with Gasteiger partial charge in [-0.2, -0.15) is 11.8 Å². The second-order valence-corrected chi connectivity index (χ2v) is 5.49. The van der Waals surface area contributed by atoms with Crippen LogP contribution >= 0.6 is 11.8 Å². The van der Waals surface area contributed by atoms with E-state index in [1.54, 1.807) is 42.0 Å². The number of carbonyl (C=O) groups excluding carboxylic acids is 1. The third kappa shape index (κ3) is 4.06. The first-order valence-electron chi connectivity index (χ1n) is 6.20. The van der Waals surface area contributed by atoms with Crippen LogP contribution in [0.1, 0.15) is 23.7 Å². The highest BCUT2D eigenvalue weighted by atomic mass is 32.2. The van der Waals surface area contributed by atoms with Gasteiger partial charge in [-0.05, 0) is 43.6 Å². The smallest absolute Gasteiger partial charge is 0.257 e. The molecular weight excluding hydrogens is 260 g/mol. The first-order chi connectivity index (χ1) is 9.01. The summed E-state index contributed by atoms with van der Waals surface area (Å²) in [6, 6.07) is 5.31. The molecule has 0 radical (unpaired) electrons. The fourth-order valence-electron chi connectivity index (χ4n) is 1.76. The van der Waals surface area contributed by atoms with Gasteiger partial charge in [0.25, 0.3) is 5.91 Å². The van der Waals surface area contributed by atoms with Crippen LogP contribution in [0.2, 0.25) is 0 Å². The van der Waals surface area contributed by atoms with E-state index in [9.17, 15) is 4.79 Å². The summed E-state index contributed by atoms with van der Waals surface area (Å²) < 4.78 is 5.23. The van der Waals surface area contributed by atoms with Crippen molar-refractivity contribution < 1.29 is 9.53 Å². The highest BCUT2D eigenvalue weighted by Crippen LogP contribution is 2.23. The molecule has 0 saturated heterocycles. The van der Waals surface area contributed by atoms with Gasteiger partial charge in [0.15, 0.2) is 0 Å². The number of rotatable bonds is 6. The van der Waals surface area contributed by atoms with Gasteiger partial charge in [0.2, 0.25) is 0 Å². The predicted octanol–water partition coefficient (Wildman–Crippen LogP) is 2.49. The van der Waals surface area contributed by atoms with Crippen LogP contribution in [0.3, 0.4) is 0 Å². The van der Waals surface area contributed by atoms with Crippen molar-refractivity contribution >= 4 is 23.4 Å². The van der Waals surface area contributed by atoms with Gasteiger partial charge in [-0.25, -0.2) is 0 Å². The van der Waals surface area contributed by atoms with Crippen molar-refractivity contribution in [2.45, 2.75) is 19.4 Å². The molecule has 4 nitrogen and oxygen atoms in total. The zero-order valence-electron chi connectivity index (χ0n) is 12.0. The molecule has 1 amide bonds. The Morgan fingerprint density at radius 3 is 2.79 bits per heavy atom. The SMILES string of the molecule is COc1ccc(N)cc1C(=O)N(C)C(C)CCSC. The molecule has 0 aliphatic heterocycles. The molecule has 0 aromatic heterocycles. The Hall–Kier alpha value is -1.36. The second kappa shape index (κ2) is 7.28.